The number of halogens is 2. The fourth-order valence-corrected chi connectivity index (χ4v) is 1.47. The summed E-state index contributed by atoms with van der Waals surface area (Å²) in [4.78, 5) is 0. The average Bonchev–Trinajstić information content (AvgIpc) is 2.17. The number of ether oxygens (including phenoxy) is 2. The lowest BCUT2D eigenvalue weighted by Crippen LogP contribution is -1.94. The van der Waals surface area contributed by atoms with Crippen LogP contribution in [0.3, 0.4) is 0 Å². The molecule has 0 bridgehead atoms. The lowest BCUT2D eigenvalue weighted by Gasteiger charge is -2.08. The zero-order valence-corrected chi connectivity index (χ0v) is 9.02. The molecule has 72 valence electrons. The molecule has 0 fully saturated rings. The fourth-order valence-electron chi connectivity index (χ4n) is 1.03. The molecule has 0 aliphatic heterocycles. The van der Waals surface area contributed by atoms with Crippen LogP contribution in [0.4, 0.5) is 4.39 Å². The standard InChI is InChI=1S/C9H10BrFO2/c1-12-8-4-9(13-2)7(11)3-6(8)5-10/h3-4H,5H2,1-2H3. The molecule has 1 aromatic rings. The van der Waals surface area contributed by atoms with Crippen molar-refractivity contribution in [3.63, 3.8) is 0 Å². The molecule has 0 atom stereocenters. The van der Waals surface area contributed by atoms with Gasteiger partial charge in [-0.25, -0.2) is 4.39 Å². The Bertz CT molecular complexity index is 302. The predicted molar refractivity (Wildman–Crippen MR) is 52.1 cm³/mol. The first-order chi connectivity index (χ1) is 6.22. The zero-order chi connectivity index (χ0) is 9.84. The average molecular weight is 249 g/mol. The van der Waals surface area contributed by atoms with Crippen LogP contribution in [-0.2, 0) is 5.33 Å². The van der Waals surface area contributed by atoms with Crippen molar-refractivity contribution < 1.29 is 13.9 Å². The number of rotatable bonds is 3. The maximum absolute atomic E-state index is 13.2. The molecule has 0 saturated carbocycles. The molecule has 0 unspecified atom stereocenters. The summed E-state index contributed by atoms with van der Waals surface area (Å²) < 4.78 is 23.0. The van der Waals surface area contributed by atoms with E-state index in [1.54, 1.807) is 7.11 Å². The van der Waals surface area contributed by atoms with Gasteiger partial charge in [0.05, 0.1) is 14.2 Å². The Labute approximate surface area is 84.8 Å². The van der Waals surface area contributed by atoms with Gasteiger partial charge in [0.2, 0.25) is 0 Å². The number of hydrogen-bond donors (Lipinski definition) is 0. The van der Waals surface area contributed by atoms with Crippen molar-refractivity contribution in [1.82, 2.24) is 0 Å². The van der Waals surface area contributed by atoms with Crippen LogP contribution in [0.25, 0.3) is 0 Å². The first-order valence-corrected chi connectivity index (χ1v) is 4.81. The van der Waals surface area contributed by atoms with Crippen LogP contribution >= 0.6 is 15.9 Å². The van der Waals surface area contributed by atoms with E-state index >= 15 is 0 Å². The van der Waals surface area contributed by atoms with Gasteiger partial charge in [-0.2, -0.15) is 0 Å². The van der Waals surface area contributed by atoms with Gasteiger partial charge in [-0.05, 0) is 6.07 Å². The first kappa shape index (κ1) is 10.3. The van der Waals surface area contributed by atoms with Crippen LogP contribution in [0.1, 0.15) is 5.56 Å². The Hall–Kier alpha value is -0.770. The Balaban J connectivity index is 3.18. The Morgan fingerprint density at radius 2 is 1.85 bits per heavy atom. The van der Waals surface area contributed by atoms with Gasteiger partial charge in [0.25, 0.3) is 0 Å². The first-order valence-electron chi connectivity index (χ1n) is 3.69. The third kappa shape index (κ3) is 2.12. The van der Waals surface area contributed by atoms with Crippen LogP contribution in [0.2, 0.25) is 0 Å². The highest BCUT2D eigenvalue weighted by Gasteiger charge is 2.09. The van der Waals surface area contributed by atoms with Crippen molar-refractivity contribution in [2.24, 2.45) is 0 Å². The van der Waals surface area contributed by atoms with Gasteiger partial charge in [-0.1, -0.05) is 15.9 Å². The Morgan fingerprint density at radius 3 is 2.31 bits per heavy atom. The molecule has 0 aliphatic rings. The van der Waals surface area contributed by atoms with Crippen LogP contribution in [0, 0.1) is 5.82 Å². The summed E-state index contributed by atoms with van der Waals surface area (Å²) in [6.07, 6.45) is 0. The normalized spacial score (nSPS) is 9.85. The molecule has 0 aliphatic carbocycles. The van der Waals surface area contributed by atoms with Crippen LogP contribution in [-0.4, -0.2) is 14.2 Å². The van der Waals surface area contributed by atoms with Gasteiger partial charge in [-0.3, -0.25) is 0 Å². The number of benzene rings is 1. The highest BCUT2D eigenvalue weighted by Crippen LogP contribution is 2.29. The summed E-state index contributed by atoms with van der Waals surface area (Å²) in [6, 6.07) is 2.93. The molecule has 13 heavy (non-hydrogen) atoms. The van der Waals surface area contributed by atoms with E-state index in [1.165, 1.54) is 19.2 Å². The molecule has 0 amide bonds. The third-order valence-electron chi connectivity index (χ3n) is 1.70. The Kier molecular flexibility index (Phi) is 3.54. The van der Waals surface area contributed by atoms with E-state index in [2.05, 4.69) is 15.9 Å². The van der Waals surface area contributed by atoms with E-state index in [1.807, 2.05) is 0 Å². The van der Waals surface area contributed by atoms with Gasteiger partial charge < -0.3 is 9.47 Å². The van der Waals surface area contributed by atoms with E-state index in [-0.39, 0.29) is 11.6 Å². The molecule has 0 saturated heterocycles. The number of methoxy groups -OCH3 is 2. The lowest BCUT2D eigenvalue weighted by atomic mass is 10.2. The van der Waals surface area contributed by atoms with Gasteiger partial charge in [0.1, 0.15) is 5.75 Å². The summed E-state index contributed by atoms with van der Waals surface area (Å²) in [5.74, 6) is 0.439. The second-order valence-electron chi connectivity index (χ2n) is 2.43. The fraction of sp³-hybridized carbons (Fsp3) is 0.333. The van der Waals surface area contributed by atoms with Crippen LogP contribution < -0.4 is 9.47 Å². The van der Waals surface area contributed by atoms with Crippen LogP contribution in [0.5, 0.6) is 11.5 Å². The summed E-state index contributed by atoms with van der Waals surface area (Å²) in [5, 5.41) is 0.553. The summed E-state index contributed by atoms with van der Waals surface area (Å²) >= 11 is 3.24. The Morgan fingerprint density at radius 1 is 1.23 bits per heavy atom. The predicted octanol–water partition coefficient (Wildman–Crippen LogP) is 2.74. The lowest BCUT2D eigenvalue weighted by molar-refractivity contribution is 0.372. The summed E-state index contributed by atoms with van der Waals surface area (Å²) in [5.41, 5.74) is 0.765. The van der Waals surface area contributed by atoms with Gasteiger partial charge >= 0.3 is 0 Å². The van der Waals surface area contributed by atoms with E-state index in [0.717, 1.165) is 5.56 Å². The molecule has 0 radical (unpaired) electrons. The van der Waals surface area contributed by atoms with Crippen LogP contribution in [0.15, 0.2) is 12.1 Å². The SMILES string of the molecule is COc1cc(OC)c(CBr)cc1F. The van der Waals surface area contributed by atoms with Gasteiger partial charge in [0, 0.05) is 17.0 Å². The minimum Gasteiger partial charge on any atom is -0.496 e. The molecule has 0 aromatic heterocycles. The highest BCUT2D eigenvalue weighted by molar-refractivity contribution is 9.08. The van der Waals surface area contributed by atoms with Gasteiger partial charge in [-0.15, -0.1) is 0 Å². The van der Waals surface area contributed by atoms with E-state index in [4.69, 9.17) is 9.47 Å². The summed E-state index contributed by atoms with van der Waals surface area (Å²) in [7, 11) is 2.96. The summed E-state index contributed by atoms with van der Waals surface area (Å²) in [6.45, 7) is 0. The molecule has 0 heterocycles. The smallest absolute Gasteiger partial charge is 0.165 e. The molecular weight excluding hydrogens is 239 g/mol. The molecule has 4 heteroatoms. The zero-order valence-electron chi connectivity index (χ0n) is 7.43. The van der Waals surface area contributed by atoms with Crippen molar-refractivity contribution in [3.8, 4) is 11.5 Å². The van der Waals surface area contributed by atoms with Crippen molar-refractivity contribution in [2.75, 3.05) is 14.2 Å². The van der Waals surface area contributed by atoms with Crippen molar-refractivity contribution in [2.45, 2.75) is 5.33 Å². The molecule has 0 spiro atoms. The minimum atomic E-state index is -0.377. The molecular formula is C9H10BrFO2. The van der Waals surface area contributed by atoms with E-state index < -0.39 is 0 Å². The van der Waals surface area contributed by atoms with Crippen molar-refractivity contribution in [3.05, 3.63) is 23.5 Å². The van der Waals surface area contributed by atoms with E-state index in [0.29, 0.717) is 11.1 Å². The monoisotopic (exact) mass is 248 g/mol. The number of hydrogen-bond acceptors (Lipinski definition) is 2. The van der Waals surface area contributed by atoms with Gasteiger partial charge in [0.15, 0.2) is 11.6 Å². The number of alkyl halides is 1. The van der Waals surface area contributed by atoms with Crippen molar-refractivity contribution in [1.29, 1.82) is 0 Å². The van der Waals surface area contributed by atoms with Crippen molar-refractivity contribution >= 4 is 15.9 Å². The molecule has 1 aromatic carbocycles. The highest BCUT2D eigenvalue weighted by atomic mass is 79.9. The molecule has 2 nitrogen and oxygen atoms in total. The quantitative estimate of drug-likeness (QED) is 0.767. The largest absolute Gasteiger partial charge is 0.496 e. The molecule has 1 rings (SSSR count). The second-order valence-corrected chi connectivity index (χ2v) is 2.99. The topological polar surface area (TPSA) is 18.5 Å². The maximum Gasteiger partial charge on any atom is 0.165 e. The maximum atomic E-state index is 13.2. The second kappa shape index (κ2) is 4.46. The molecule has 0 N–H and O–H groups in total. The van der Waals surface area contributed by atoms with E-state index in [9.17, 15) is 4.39 Å². The minimum absolute atomic E-state index is 0.196. The third-order valence-corrected chi connectivity index (χ3v) is 2.30.